The van der Waals surface area contributed by atoms with Crippen LogP contribution in [0, 0.1) is 11.3 Å². The number of piperazine rings is 1. The zero-order valence-electron chi connectivity index (χ0n) is 19.0. The molecule has 1 aromatic heterocycles. The molecule has 4 rings (SSSR count). The molecule has 10 heteroatoms. The molecule has 1 aliphatic heterocycles. The maximum atomic E-state index is 12.0. The highest BCUT2D eigenvalue weighted by atomic mass is 32.2. The van der Waals surface area contributed by atoms with Gasteiger partial charge in [0, 0.05) is 54.5 Å². The quantitative estimate of drug-likeness (QED) is 0.346. The van der Waals surface area contributed by atoms with Gasteiger partial charge in [-0.15, -0.1) is 0 Å². The zero-order chi connectivity index (χ0) is 23.4. The van der Waals surface area contributed by atoms with Crippen LogP contribution in [0.1, 0.15) is 19.8 Å². The SMILES string of the molecule is CC(=N)/C=C(\N)Nc1cc(N2CCN(C)CC2)nc(Sc2ccc(NC(=O)C3CC3)cc2)n1. The highest BCUT2D eigenvalue weighted by Gasteiger charge is 2.29. The average Bonchev–Trinajstić information content (AvgIpc) is 3.60. The van der Waals surface area contributed by atoms with Crippen molar-refractivity contribution in [3.63, 3.8) is 0 Å². The molecule has 9 nitrogen and oxygen atoms in total. The minimum absolute atomic E-state index is 0.0973. The van der Waals surface area contributed by atoms with E-state index in [1.807, 2.05) is 30.3 Å². The van der Waals surface area contributed by atoms with Crippen LogP contribution in [0.2, 0.25) is 0 Å². The number of carbonyl (C=O) groups excluding carboxylic acids is 1. The summed E-state index contributed by atoms with van der Waals surface area (Å²) < 4.78 is 0. The molecule has 2 aliphatic rings. The van der Waals surface area contributed by atoms with E-state index < -0.39 is 0 Å². The number of hydrogen-bond donors (Lipinski definition) is 4. The minimum atomic E-state index is 0.0973. The number of aromatic nitrogens is 2. The molecule has 0 atom stereocenters. The van der Waals surface area contributed by atoms with Crippen LogP contribution in [0.3, 0.4) is 0 Å². The minimum Gasteiger partial charge on any atom is -0.385 e. The first-order valence-corrected chi connectivity index (χ1v) is 11.9. The first-order chi connectivity index (χ1) is 15.9. The Morgan fingerprint density at radius 1 is 1.15 bits per heavy atom. The van der Waals surface area contributed by atoms with Gasteiger partial charge in [0.1, 0.15) is 17.5 Å². The van der Waals surface area contributed by atoms with Crippen molar-refractivity contribution in [1.29, 1.82) is 5.41 Å². The lowest BCUT2D eigenvalue weighted by atomic mass is 10.3. The summed E-state index contributed by atoms with van der Waals surface area (Å²) in [4.78, 5) is 26.9. The summed E-state index contributed by atoms with van der Waals surface area (Å²) >= 11 is 1.45. The Hall–Kier alpha value is -3.11. The van der Waals surface area contributed by atoms with Crippen molar-refractivity contribution in [2.24, 2.45) is 11.7 Å². The fourth-order valence-electron chi connectivity index (χ4n) is 3.44. The van der Waals surface area contributed by atoms with E-state index in [1.54, 1.807) is 13.0 Å². The van der Waals surface area contributed by atoms with E-state index in [9.17, 15) is 4.79 Å². The molecule has 33 heavy (non-hydrogen) atoms. The number of rotatable bonds is 8. The number of nitrogens with one attached hydrogen (secondary N) is 3. The summed E-state index contributed by atoms with van der Waals surface area (Å²) in [6, 6.07) is 9.61. The molecule has 2 fully saturated rings. The Morgan fingerprint density at radius 2 is 1.85 bits per heavy atom. The summed E-state index contributed by atoms with van der Waals surface area (Å²) in [5.74, 6) is 2.06. The van der Waals surface area contributed by atoms with Crippen molar-refractivity contribution >= 4 is 40.7 Å². The highest BCUT2D eigenvalue weighted by molar-refractivity contribution is 7.99. The Morgan fingerprint density at radius 3 is 2.48 bits per heavy atom. The first kappa shape index (κ1) is 23.1. The number of anilines is 3. The standard InChI is InChI=1S/C23H30N8OS/c1-15(24)13-19(25)27-20-14-21(31-11-9-30(2)10-12-31)29-23(28-20)33-18-7-5-17(6-8-18)26-22(32)16-3-4-16/h5-8,13-14,16,24H,3-4,9-12,25H2,1-2H3,(H,26,32)(H,27,28,29)/b19-13+,24-15?. The van der Waals surface area contributed by atoms with Gasteiger partial charge < -0.3 is 31.6 Å². The van der Waals surface area contributed by atoms with Crippen LogP contribution in [0.4, 0.5) is 17.3 Å². The number of benzene rings is 1. The molecule has 1 saturated heterocycles. The number of likely N-dealkylation sites (N-methyl/N-ethyl adjacent to an activating group) is 1. The molecule has 0 spiro atoms. The van der Waals surface area contributed by atoms with Crippen molar-refractivity contribution in [2.75, 3.05) is 48.8 Å². The Labute approximate surface area is 198 Å². The van der Waals surface area contributed by atoms with Crippen molar-refractivity contribution in [1.82, 2.24) is 14.9 Å². The van der Waals surface area contributed by atoms with Crippen LogP contribution < -0.4 is 21.3 Å². The maximum Gasteiger partial charge on any atom is 0.227 e. The second-order valence-corrected chi connectivity index (χ2v) is 9.52. The molecule has 5 N–H and O–H groups in total. The van der Waals surface area contributed by atoms with Gasteiger partial charge in [-0.1, -0.05) is 0 Å². The summed E-state index contributed by atoms with van der Waals surface area (Å²) in [5.41, 5.74) is 7.18. The smallest absolute Gasteiger partial charge is 0.227 e. The summed E-state index contributed by atoms with van der Waals surface area (Å²) in [6.45, 7) is 5.38. The summed E-state index contributed by atoms with van der Waals surface area (Å²) in [6.07, 6.45) is 3.52. The lowest BCUT2D eigenvalue weighted by molar-refractivity contribution is -0.117. The van der Waals surface area contributed by atoms with Gasteiger partial charge in [0.2, 0.25) is 5.91 Å². The van der Waals surface area contributed by atoms with E-state index in [4.69, 9.17) is 16.1 Å². The van der Waals surface area contributed by atoms with Crippen LogP contribution >= 0.6 is 11.8 Å². The molecule has 2 heterocycles. The van der Waals surface area contributed by atoms with Gasteiger partial charge in [-0.3, -0.25) is 4.79 Å². The Kier molecular flexibility index (Phi) is 7.14. The number of nitrogens with zero attached hydrogens (tertiary/aromatic N) is 4. The molecule has 1 aliphatic carbocycles. The number of hydrogen-bond acceptors (Lipinski definition) is 9. The van der Waals surface area contributed by atoms with Crippen LogP contribution in [0.5, 0.6) is 0 Å². The summed E-state index contributed by atoms with van der Waals surface area (Å²) in [5, 5.41) is 14.3. The monoisotopic (exact) mass is 466 g/mol. The first-order valence-electron chi connectivity index (χ1n) is 11.1. The van der Waals surface area contributed by atoms with E-state index in [1.165, 1.54) is 11.8 Å². The lowest BCUT2D eigenvalue weighted by Crippen LogP contribution is -2.44. The molecule has 174 valence electrons. The van der Waals surface area contributed by atoms with Gasteiger partial charge in [-0.05, 0) is 68.9 Å². The van der Waals surface area contributed by atoms with Gasteiger partial charge in [0.25, 0.3) is 0 Å². The maximum absolute atomic E-state index is 12.0. The number of carbonyl (C=O) groups is 1. The fourth-order valence-corrected chi connectivity index (χ4v) is 4.21. The van der Waals surface area contributed by atoms with E-state index in [0.717, 1.165) is 55.4 Å². The highest BCUT2D eigenvalue weighted by Crippen LogP contribution is 2.32. The predicted molar refractivity (Wildman–Crippen MR) is 133 cm³/mol. The Balaban J connectivity index is 1.52. The van der Waals surface area contributed by atoms with Gasteiger partial charge in [-0.25, -0.2) is 9.97 Å². The van der Waals surface area contributed by atoms with E-state index in [0.29, 0.717) is 22.5 Å². The molecule has 0 unspecified atom stereocenters. The molecular formula is C23H30N8OS. The third-order valence-electron chi connectivity index (χ3n) is 5.44. The van der Waals surface area contributed by atoms with Crippen molar-refractivity contribution in [2.45, 2.75) is 29.8 Å². The summed E-state index contributed by atoms with van der Waals surface area (Å²) in [7, 11) is 2.12. The van der Waals surface area contributed by atoms with E-state index in [-0.39, 0.29) is 11.8 Å². The molecule has 2 aromatic rings. The van der Waals surface area contributed by atoms with E-state index >= 15 is 0 Å². The molecule has 0 radical (unpaired) electrons. The second-order valence-electron chi connectivity index (χ2n) is 8.48. The zero-order valence-corrected chi connectivity index (χ0v) is 19.8. The van der Waals surface area contributed by atoms with E-state index in [2.05, 4.69) is 32.5 Å². The molecule has 1 saturated carbocycles. The van der Waals surface area contributed by atoms with Crippen molar-refractivity contribution in [3.8, 4) is 0 Å². The molecule has 1 amide bonds. The molecule has 1 aromatic carbocycles. The van der Waals surface area contributed by atoms with Crippen molar-refractivity contribution < 1.29 is 4.79 Å². The van der Waals surface area contributed by atoms with Crippen LogP contribution in [0.15, 0.2) is 52.3 Å². The normalized spacial score (nSPS) is 17.0. The van der Waals surface area contributed by atoms with Crippen LogP contribution in [0.25, 0.3) is 0 Å². The average molecular weight is 467 g/mol. The second kappa shape index (κ2) is 10.2. The van der Waals surface area contributed by atoms with Crippen LogP contribution in [-0.4, -0.2) is 59.7 Å². The number of allylic oxidation sites excluding steroid dienone is 1. The van der Waals surface area contributed by atoms with Crippen molar-refractivity contribution in [3.05, 3.63) is 42.2 Å². The third kappa shape index (κ3) is 6.69. The fraction of sp³-hybridized carbons (Fsp3) is 0.391. The number of amides is 1. The van der Waals surface area contributed by atoms with Gasteiger partial charge in [0.15, 0.2) is 5.16 Å². The number of nitrogens with two attached hydrogens (primary N) is 1. The molecular weight excluding hydrogens is 436 g/mol. The molecule has 0 bridgehead atoms. The topological polar surface area (TPSA) is 123 Å². The van der Waals surface area contributed by atoms with Gasteiger partial charge >= 0.3 is 0 Å². The Bertz CT molecular complexity index is 1040. The predicted octanol–water partition coefficient (Wildman–Crippen LogP) is 2.98. The third-order valence-corrected chi connectivity index (χ3v) is 6.32. The van der Waals surface area contributed by atoms with Crippen LogP contribution in [-0.2, 0) is 4.79 Å². The van der Waals surface area contributed by atoms with Gasteiger partial charge in [-0.2, -0.15) is 0 Å². The van der Waals surface area contributed by atoms with Gasteiger partial charge in [0.05, 0.1) is 0 Å². The largest absolute Gasteiger partial charge is 0.385 e. The lowest BCUT2D eigenvalue weighted by Gasteiger charge is -2.33.